The second-order valence-corrected chi connectivity index (χ2v) is 4.95. The van der Waals surface area contributed by atoms with E-state index in [1.807, 2.05) is 18.2 Å². The van der Waals surface area contributed by atoms with E-state index < -0.39 is 0 Å². The third-order valence-electron chi connectivity index (χ3n) is 3.50. The summed E-state index contributed by atoms with van der Waals surface area (Å²) < 4.78 is 0. The SMILES string of the molecule is Cc1cc(N(CCO)Cc2ccccc2)ccc1CN. The molecule has 2 aromatic rings. The third-order valence-corrected chi connectivity index (χ3v) is 3.50. The number of benzene rings is 2. The van der Waals surface area contributed by atoms with E-state index in [9.17, 15) is 5.11 Å². The maximum absolute atomic E-state index is 9.28. The van der Waals surface area contributed by atoms with Crippen molar-refractivity contribution in [2.45, 2.75) is 20.0 Å². The highest BCUT2D eigenvalue weighted by molar-refractivity contribution is 5.51. The van der Waals surface area contributed by atoms with Crippen LogP contribution in [0.4, 0.5) is 5.69 Å². The smallest absolute Gasteiger partial charge is 0.0606 e. The fourth-order valence-electron chi connectivity index (χ4n) is 2.33. The van der Waals surface area contributed by atoms with Crippen molar-refractivity contribution >= 4 is 5.69 Å². The predicted octanol–water partition coefficient (Wildman–Crippen LogP) is 2.45. The van der Waals surface area contributed by atoms with Gasteiger partial charge in [-0.1, -0.05) is 36.4 Å². The molecule has 3 N–H and O–H groups in total. The summed E-state index contributed by atoms with van der Waals surface area (Å²) in [5.74, 6) is 0. The summed E-state index contributed by atoms with van der Waals surface area (Å²) in [5.41, 5.74) is 10.4. The molecule has 0 amide bonds. The predicted molar refractivity (Wildman–Crippen MR) is 83.6 cm³/mol. The minimum absolute atomic E-state index is 0.143. The van der Waals surface area contributed by atoms with Gasteiger partial charge in [-0.05, 0) is 35.7 Å². The van der Waals surface area contributed by atoms with E-state index in [1.165, 1.54) is 11.1 Å². The lowest BCUT2D eigenvalue weighted by molar-refractivity contribution is 0.301. The van der Waals surface area contributed by atoms with Gasteiger partial charge in [0.05, 0.1) is 6.61 Å². The lowest BCUT2D eigenvalue weighted by Crippen LogP contribution is -2.26. The van der Waals surface area contributed by atoms with Gasteiger partial charge in [-0.15, -0.1) is 0 Å². The summed E-state index contributed by atoms with van der Waals surface area (Å²) >= 11 is 0. The topological polar surface area (TPSA) is 49.5 Å². The number of aliphatic hydroxyl groups excluding tert-OH is 1. The molecule has 0 aromatic heterocycles. The molecule has 0 aliphatic heterocycles. The molecule has 3 nitrogen and oxygen atoms in total. The molecule has 0 heterocycles. The molecule has 2 aromatic carbocycles. The second-order valence-electron chi connectivity index (χ2n) is 4.95. The van der Waals surface area contributed by atoms with Gasteiger partial charge in [0.25, 0.3) is 0 Å². The Labute approximate surface area is 120 Å². The van der Waals surface area contributed by atoms with Crippen LogP contribution in [0.5, 0.6) is 0 Å². The standard InChI is InChI=1S/C17H22N2O/c1-14-11-17(8-7-16(14)12-18)19(9-10-20)13-15-5-3-2-4-6-15/h2-8,11,20H,9-10,12-13,18H2,1H3. The Kier molecular flexibility index (Phi) is 5.16. The zero-order valence-corrected chi connectivity index (χ0v) is 11.9. The molecule has 106 valence electrons. The van der Waals surface area contributed by atoms with Crippen LogP contribution < -0.4 is 10.6 Å². The van der Waals surface area contributed by atoms with E-state index in [2.05, 4.69) is 42.2 Å². The minimum Gasteiger partial charge on any atom is -0.395 e. The Morgan fingerprint density at radius 2 is 1.85 bits per heavy atom. The molecule has 2 rings (SSSR count). The number of aliphatic hydroxyl groups is 1. The van der Waals surface area contributed by atoms with Crippen LogP contribution in [-0.2, 0) is 13.1 Å². The first-order chi connectivity index (χ1) is 9.74. The minimum atomic E-state index is 0.143. The molecule has 0 saturated heterocycles. The van der Waals surface area contributed by atoms with E-state index in [0.29, 0.717) is 13.1 Å². The average Bonchev–Trinajstić information content (AvgIpc) is 2.48. The Morgan fingerprint density at radius 3 is 2.45 bits per heavy atom. The van der Waals surface area contributed by atoms with Gasteiger partial charge < -0.3 is 15.7 Å². The molecule has 0 fully saturated rings. The van der Waals surface area contributed by atoms with Crippen molar-refractivity contribution in [2.75, 3.05) is 18.1 Å². The number of aryl methyl sites for hydroxylation is 1. The number of hydrogen-bond donors (Lipinski definition) is 2. The maximum Gasteiger partial charge on any atom is 0.0606 e. The molecular weight excluding hydrogens is 248 g/mol. The third kappa shape index (κ3) is 3.59. The molecule has 20 heavy (non-hydrogen) atoms. The zero-order valence-electron chi connectivity index (χ0n) is 11.9. The Balaban J connectivity index is 2.22. The van der Waals surface area contributed by atoms with E-state index in [4.69, 9.17) is 5.73 Å². The van der Waals surface area contributed by atoms with Crippen LogP contribution in [0, 0.1) is 6.92 Å². The van der Waals surface area contributed by atoms with Gasteiger partial charge in [0, 0.05) is 25.3 Å². The number of hydrogen-bond acceptors (Lipinski definition) is 3. The average molecular weight is 270 g/mol. The number of rotatable bonds is 6. The Hall–Kier alpha value is -1.84. The van der Waals surface area contributed by atoms with Crippen molar-refractivity contribution in [3.05, 3.63) is 65.2 Å². The first-order valence-corrected chi connectivity index (χ1v) is 6.94. The van der Waals surface area contributed by atoms with Gasteiger partial charge in [0.15, 0.2) is 0 Å². The lowest BCUT2D eigenvalue weighted by atomic mass is 10.1. The van der Waals surface area contributed by atoms with E-state index in [0.717, 1.165) is 17.8 Å². The molecule has 0 unspecified atom stereocenters. The molecule has 0 atom stereocenters. The van der Waals surface area contributed by atoms with Crippen LogP contribution in [0.3, 0.4) is 0 Å². The summed E-state index contributed by atoms with van der Waals surface area (Å²) in [4.78, 5) is 2.18. The maximum atomic E-state index is 9.28. The Morgan fingerprint density at radius 1 is 1.10 bits per heavy atom. The molecule has 0 spiro atoms. The van der Waals surface area contributed by atoms with Gasteiger partial charge in [-0.3, -0.25) is 0 Å². The van der Waals surface area contributed by atoms with Crippen molar-refractivity contribution < 1.29 is 5.11 Å². The van der Waals surface area contributed by atoms with Crippen LogP contribution in [0.1, 0.15) is 16.7 Å². The summed E-state index contributed by atoms with van der Waals surface area (Å²) in [6.45, 7) is 4.19. The fraction of sp³-hybridized carbons (Fsp3) is 0.294. The van der Waals surface area contributed by atoms with E-state index >= 15 is 0 Å². The monoisotopic (exact) mass is 270 g/mol. The normalized spacial score (nSPS) is 10.6. The van der Waals surface area contributed by atoms with Gasteiger partial charge in [0.1, 0.15) is 0 Å². The largest absolute Gasteiger partial charge is 0.395 e. The second kappa shape index (κ2) is 7.08. The summed E-state index contributed by atoms with van der Waals surface area (Å²) in [5, 5.41) is 9.28. The fourth-order valence-corrected chi connectivity index (χ4v) is 2.33. The first-order valence-electron chi connectivity index (χ1n) is 6.94. The molecule has 0 saturated carbocycles. The highest BCUT2D eigenvalue weighted by atomic mass is 16.3. The summed E-state index contributed by atoms with van der Waals surface area (Å²) in [6, 6.07) is 16.6. The summed E-state index contributed by atoms with van der Waals surface area (Å²) in [6.07, 6.45) is 0. The van der Waals surface area contributed by atoms with Crippen LogP contribution >= 0.6 is 0 Å². The van der Waals surface area contributed by atoms with Crippen molar-refractivity contribution in [1.29, 1.82) is 0 Å². The molecule has 3 heteroatoms. The quantitative estimate of drug-likeness (QED) is 0.847. The molecule has 0 bridgehead atoms. The lowest BCUT2D eigenvalue weighted by Gasteiger charge is -2.25. The van der Waals surface area contributed by atoms with Crippen molar-refractivity contribution in [3.63, 3.8) is 0 Å². The number of anilines is 1. The van der Waals surface area contributed by atoms with Gasteiger partial charge in [-0.2, -0.15) is 0 Å². The molecule has 0 radical (unpaired) electrons. The first kappa shape index (κ1) is 14.6. The number of nitrogens with zero attached hydrogens (tertiary/aromatic N) is 1. The molecule has 0 aliphatic rings. The van der Waals surface area contributed by atoms with Gasteiger partial charge in [-0.25, -0.2) is 0 Å². The summed E-state index contributed by atoms with van der Waals surface area (Å²) in [7, 11) is 0. The van der Waals surface area contributed by atoms with E-state index in [1.54, 1.807) is 0 Å². The molecular formula is C17H22N2O. The van der Waals surface area contributed by atoms with Crippen LogP contribution in [0.15, 0.2) is 48.5 Å². The molecule has 0 aliphatic carbocycles. The van der Waals surface area contributed by atoms with Crippen molar-refractivity contribution in [3.8, 4) is 0 Å². The highest BCUT2D eigenvalue weighted by Gasteiger charge is 2.08. The van der Waals surface area contributed by atoms with Gasteiger partial charge >= 0.3 is 0 Å². The van der Waals surface area contributed by atoms with Gasteiger partial charge in [0.2, 0.25) is 0 Å². The van der Waals surface area contributed by atoms with Crippen molar-refractivity contribution in [1.82, 2.24) is 0 Å². The Bertz CT molecular complexity index is 540. The van der Waals surface area contributed by atoms with Crippen LogP contribution in [-0.4, -0.2) is 18.3 Å². The highest BCUT2D eigenvalue weighted by Crippen LogP contribution is 2.21. The number of nitrogens with two attached hydrogens (primary N) is 1. The van der Waals surface area contributed by atoms with Crippen LogP contribution in [0.2, 0.25) is 0 Å². The zero-order chi connectivity index (χ0) is 14.4. The van der Waals surface area contributed by atoms with Crippen molar-refractivity contribution in [2.24, 2.45) is 5.73 Å². The van der Waals surface area contributed by atoms with E-state index in [-0.39, 0.29) is 6.61 Å². The van der Waals surface area contributed by atoms with Crippen LogP contribution in [0.25, 0.3) is 0 Å².